The van der Waals surface area contributed by atoms with Crippen LogP contribution in [0.25, 0.3) is 0 Å². The van der Waals surface area contributed by atoms with Gasteiger partial charge in [0, 0.05) is 18.8 Å². The number of carboxylic acids is 1. The summed E-state index contributed by atoms with van der Waals surface area (Å²) in [6, 6.07) is 6.03. The molecule has 4 N–H and O–H groups in total. The third-order valence-corrected chi connectivity index (χ3v) is 5.00. The van der Waals surface area contributed by atoms with Gasteiger partial charge in [0.2, 0.25) is 0 Å². The molecule has 0 radical (unpaired) electrons. The van der Waals surface area contributed by atoms with Gasteiger partial charge in [-0.15, -0.1) is 0 Å². The van der Waals surface area contributed by atoms with Gasteiger partial charge < -0.3 is 20.4 Å². The lowest BCUT2D eigenvalue weighted by Crippen LogP contribution is -2.20. The molecule has 1 fully saturated rings. The number of halogens is 1. The fraction of sp³-hybridized carbons (Fsp3) is 0.435. The van der Waals surface area contributed by atoms with Crippen molar-refractivity contribution in [1.82, 2.24) is 0 Å². The molecule has 0 bridgehead atoms. The van der Waals surface area contributed by atoms with Crippen LogP contribution in [0.3, 0.4) is 0 Å². The molecule has 0 aromatic heterocycles. The van der Waals surface area contributed by atoms with E-state index < -0.39 is 30.1 Å². The summed E-state index contributed by atoms with van der Waals surface area (Å²) in [5, 5.41) is 39.1. The Hall–Kier alpha value is -2.46. The van der Waals surface area contributed by atoms with Crippen LogP contribution in [0.1, 0.15) is 37.7 Å². The molecule has 1 aromatic carbocycles. The first-order valence-corrected chi connectivity index (χ1v) is 9.74. The van der Waals surface area contributed by atoms with Crippen LogP contribution in [0.15, 0.2) is 48.6 Å². The SMILES string of the molecule is O=C(O)CCC/C=C\C[C@@H]1[C@@H](/C=C/C(O)C#Cc2ccccc2F)[C@H](O)C[C@@H]1O. The van der Waals surface area contributed by atoms with Crippen molar-refractivity contribution in [3.8, 4) is 11.8 Å². The average molecular weight is 402 g/mol. The van der Waals surface area contributed by atoms with Crippen LogP contribution >= 0.6 is 0 Å². The van der Waals surface area contributed by atoms with Gasteiger partial charge in [0.25, 0.3) is 0 Å². The first-order chi connectivity index (χ1) is 13.9. The zero-order chi connectivity index (χ0) is 21.2. The summed E-state index contributed by atoms with van der Waals surface area (Å²) in [5.41, 5.74) is 0.196. The maximum absolute atomic E-state index is 13.6. The minimum absolute atomic E-state index is 0.117. The Morgan fingerprint density at radius 1 is 1.24 bits per heavy atom. The van der Waals surface area contributed by atoms with Crippen LogP contribution in [0.2, 0.25) is 0 Å². The summed E-state index contributed by atoms with van der Waals surface area (Å²) < 4.78 is 13.6. The summed E-state index contributed by atoms with van der Waals surface area (Å²) in [4.78, 5) is 10.5. The Bertz CT molecular complexity index is 792. The monoisotopic (exact) mass is 402 g/mol. The second kappa shape index (κ2) is 11.5. The number of allylic oxidation sites excluding steroid dienone is 2. The fourth-order valence-electron chi connectivity index (χ4n) is 3.44. The second-order valence-electron chi connectivity index (χ2n) is 7.18. The highest BCUT2D eigenvalue weighted by atomic mass is 19.1. The lowest BCUT2D eigenvalue weighted by molar-refractivity contribution is -0.137. The molecule has 156 valence electrons. The van der Waals surface area contributed by atoms with Crippen molar-refractivity contribution in [3.63, 3.8) is 0 Å². The molecule has 1 saturated carbocycles. The van der Waals surface area contributed by atoms with Crippen molar-refractivity contribution in [1.29, 1.82) is 0 Å². The Labute approximate surface area is 170 Å². The quantitative estimate of drug-likeness (QED) is 0.304. The molecule has 1 unspecified atom stereocenters. The normalized spacial score (nSPS) is 25.2. The number of aliphatic hydroxyl groups is 3. The first-order valence-electron chi connectivity index (χ1n) is 9.74. The number of rotatable bonds is 8. The van der Waals surface area contributed by atoms with E-state index in [9.17, 15) is 24.5 Å². The van der Waals surface area contributed by atoms with E-state index in [4.69, 9.17) is 5.11 Å². The number of hydrogen-bond donors (Lipinski definition) is 4. The predicted octanol–water partition coefficient (Wildman–Crippen LogP) is 2.65. The molecule has 1 aromatic rings. The van der Waals surface area contributed by atoms with Crippen LogP contribution in [0.5, 0.6) is 0 Å². The highest BCUT2D eigenvalue weighted by molar-refractivity contribution is 5.66. The molecular formula is C23H27FO5. The van der Waals surface area contributed by atoms with E-state index in [-0.39, 0.29) is 30.2 Å². The maximum atomic E-state index is 13.6. The average Bonchev–Trinajstić information content (AvgIpc) is 2.94. The van der Waals surface area contributed by atoms with E-state index in [2.05, 4.69) is 11.8 Å². The molecule has 6 heteroatoms. The third-order valence-electron chi connectivity index (χ3n) is 5.00. The molecule has 0 heterocycles. The van der Waals surface area contributed by atoms with E-state index in [1.807, 2.05) is 12.2 Å². The van der Waals surface area contributed by atoms with Gasteiger partial charge in [-0.05, 0) is 43.4 Å². The number of benzene rings is 1. The van der Waals surface area contributed by atoms with Crippen LogP contribution in [-0.4, -0.2) is 44.7 Å². The smallest absolute Gasteiger partial charge is 0.303 e. The number of aliphatic hydroxyl groups excluding tert-OH is 3. The van der Waals surface area contributed by atoms with E-state index in [1.54, 1.807) is 18.2 Å². The van der Waals surface area contributed by atoms with Gasteiger partial charge >= 0.3 is 5.97 Å². The number of carbonyl (C=O) groups is 1. The largest absolute Gasteiger partial charge is 0.481 e. The molecule has 29 heavy (non-hydrogen) atoms. The number of carboxylic acid groups (broad SMARTS) is 1. The predicted molar refractivity (Wildman–Crippen MR) is 107 cm³/mol. The second-order valence-corrected chi connectivity index (χ2v) is 7.18. The summed E-state index contributed by atoms with van der Waals surface area (Å²) in [6.45, 7) is 0. The standard InChI is InChI=1S/C23H27FO5/c24-20-9-6-5-7-16(20)11-12-17(25)13-14-19-18(21(26)15-22(19)27)8-3-1-2-4-10-23(28)29/h1,3,5-7,9,13-14,17-19,21-22,25-27H,2,4,8,10,15H2,(H,28,29)/b3-1-,14-13+/t17?,18-,19-,21+,22-/m1/s1. The van der Waals surface area contributed by atoms with Gasteiger partial charge in [-0.1, -0.05) is 42.2 Å². The highest BCUT2D eigenvalue weighted by Crippen LogP contribution is 2.36. The van der Waals surface area contributed by atoms with E-state index in [1.165, 1.54) is 18.2 Å². The topological polar surface area (TPSA) is 98.0 Å². The van der Waals surface area contributed by atoms with Crippen LogP contribution in [0.4, 0.5) is 4.39 Å². The van der Waals surface area contributed by atoms with Crippen molar-refractivity contribution in [2.24, 2.45) is 11.8 Å². The van der Waals surface area contributed by atoms with Gasteiger partial charge in [-0.3, -0.25) is 4.79 Å². The van der Waals surface area contributed by atoms with Crippen LogP contribution in [-0.2, 0) is 4.79 Å². The Morgan fingerprint density at radius 3 is 2.72 bits per heavy atom. The number of hydrogen-bond acceptors (Lipinski definition) is 4. The van der Waals surface area contributed by atoms with Crippen molar-refractivity contribution in [2.45, 2.75) is 50.4 Å². The number of aliphatic carboxylic acids is 1. The molecule has 0 spiro atoms. The molecule has 5 nitrogen and oxygen atoms in total. The van der Waals surface area contributed by atoms with Crippen molar-refractivity contribution >= 4 is 5.97 Å². The van der Waals surface area contributed by atoms with Crippen LogP contribution < -0.4 is 0 Å². The van der Waals surface area contributed by atoms with E-state index in [0.717, 1.165) is 0 Å². The van der Waals surface area contributed by atoms with Gasteiger partial charge in [-0.25, -0.2) is 4.39 Å². The van der Waals surface area contributed by atoms with E-state index in [0.29, 0.717) is 19.3 Å². The maximum Gasteiger partial charge on any atom is 0.303 e. The van der Waals surface area contributed by atoms with E-state index >= 15 is 0 Å². The fourth-order valence-corrected chi connectivity index (χ4v) is 3.44. The molecule has 5 atom stereocenters. The molecule has 2 rings (SSSR count). The molecule has 0 aliphatic heterocycles. The zero-order valence-electron chi connectivity index (χ0n) is 16.1. The summed E-state index contributed by atoms with van der Waals surface area (Å²) in [6.07, 6.45) is 6.48. The lowest BCUT2D eigenvalue weighted by Gasteiger charge is -2.19. The van der Waals surface area contributed by atoms with Crippen molar-refractivity contribution in [2.75, 3.05) is 0 Å². The Morgan fingerprint density at radius 2 is 2.00 bits per heavy atom. The summed E-state index contributed by atoms with van der Waals surface area (Å²) in [7, 11) is 0. The van der Waals surface area contributed by atoms with Gasteiger partial charge in [0.1, 0.15) is 11.9 Å². The highest BCUT2D eigenvalue weighted by Gasteiger charge is 2.39. The van der Waals surface area contributed by atoms with Crippen LogP contribution in [0, 0.1) is 29.5 Å². The zero-order valence-corrected chi connectivity index (χ0v) is 16.1. The minimum atomic E-state index is -1.12. The molecule has 1 aliphatic carbocycles. The van der Waals surface area contributed by atoms with Gasteiger partial charge in [0.05, 0.1) is 17.8 Å². The molecular weight excluding hydrogens is 375 g/mol. The van der Waals surface area contributed by atoms with Crippen molar-refractivity contribution < 1.29 is 29.6 Å². The van der Waals surface area contributed by atoms with Gasteiger partial charge in [0.15, 0.2) is 0 Å². The molecule has 0 saturated heterocycles. The third kappa shape index (κ3) is 7.47. The summed E-state index contributed by atoms with van der Waals surface area (Å²) >= 11 is 0. The lowest BCUT2D eigenvalue weighted by atomic mass is 9.89. The summed E-state index contributed by atoms with van der Waals surface area (Å²) in [5.74, 6) is 3.32. The Kier molecular flexibility index (Phi) is 9.07. The molecule has 0 amide bonds. The Balaban J connectivity index is 1.93. The molecule has 1 aliphatic rings. The van der Waals surface area contributed by atoms with Gasteiger partial charge in [-0.2, -0.15) is 0 Å². The number of unbranched alkanes of at least 4 members (excludes halogenated alkanes) is 1. The van der Waals surface area contributed by atoms with Crippen molar-refractivity contribution in [3.05, 3.63) is 60.0 Å². The first kappa shape index (κ1) is 22.8. The minimum Gasteiger partial charge on any atom is -0.481 e.